The smallest absolute Gasteiger partial charge is 0.337 e. The van der Waals surface area contributed by atoms with Crippen LogP contribution in [0.15, 0.2) is 6.07 Å². The quantitative estimate of drug-likeness (QED) is 0.800. The lowest BCUT2D eigenvalue weighted by Crippen LogP contribution is -2.13. The van der Waals surface area contributed by atoms with Crippen molar-refractivity contribution in [2.45, 2.75) is 44.9 Å². The van der Waals surface area contributed by atoms with E-state index in [2.05, 4.69) is 18.8 Å². The van der Waals surface area contributed by atoms with Crippen LogP contribution in [0.25, 0.3) is 0 Å². The van der Waals surface area contributed by atoms with Crippen molar-refractivity contribution in [3.05, 3.63) is 23.0 Å². The van der Waals surface area contributed by atoms with E-state index in [-0.39, 0.29) is 0 Å². The summed E-state index contributed by atoms with van der Waals surface area (Å²) in [5.74, 6) is 0.000534. The van der Waals surface area contributed by atoms with E-state index in [0.717, 1.165) is 24.2 Å². The van der Waals surface area contributed by atoms with Crippen molar-refractivity contribution in [2.24, 2.45) is 0 Å². The Morgan fingerprint density at radius 2 is 2.20 bits per heavy atom. The summed E-state index contributed by atoms with van der Waals surface area (Å²) in [7, 11) is 0. The molecule has 0 bridgehead atoms. The molecule has 1 aliphatic rings. The lowest BCUT2D eigenvalue weighted by Gasteiger charge is -2.25. The Hall–Kier alpha value is -1.25. The second kappa shape index (κ2) is 3.72. The first-order valence-electron chi connectivity index (χ1n) is 5.55. The molecule has 0 amide bonds. The maximum Gasteiger partial charge on any atom is 0.337 e. The van der Waals surface area contributed by atoms with Gasteiger partial charge in [0, 0.05) is 11.4 Å². The van der Waals surface area contributed by atoms with Gasteiger partial charge >= 0.3 is 5.97 Å². The van der Waals surface area contributed by atoms with E-state index in [1.54, 1.807) is 6.07 Å². The predicted octanol–water partition coefficient (Wildman–Crippen LogP) is 3.10. The van der Waals surface area contributed by atoms with E-state index in [1.807, 2.05) is 0 Å². The van der Waals surface area contributed by atoms with Crippen molar-refractivity contribution in [1.29, 1.82) is 0 Å². The second-order valence-electron chi connectivity index (χ2n) is 4.64. The normalized spacial score (nSPS) is 16.7. The van der Waals surface area contributed by atoms with Gasteiger partial charge in [-0.05, 0) is 30.7 Å². The SMILES string of the molecule is CC(C)c1cc(C(=O)O)c(C2CCC2)[nH]1. The first-order chi connectivity index (χ1) is 7.09. The third-order valence-electron chi connectivity index (χ3n) is 3.23. The first kappa shape index (κ1) is 10.3. The molecule has 1 saturated carbocycles. The van der Waals surface area contributed by atoms with Crippen LogP contribution in [-0.4, -0.2) is 16.1 Å². The Morgan fingerprint density at radius 1 is 1.53 bits per heavy atom. The molecule has 2 rings (SSSR count). The van der Waals surface area contributed by atoms with Gasteiger partial charge in [-0.1, -0.05) is 20.3 Å². The van der Waals surface area contributed by atoms with Crippen LogP contribution < -0.4 is 0 Å². The van der Waals surface area contributed by atoms with Crippen molar-refractivity contribution in [3.63, 3.8) is 0 Å². The van der Waals surface area contributed by atoms with Gasteiger partial charge in [0.15, 0.2) is 0 Å². The van der Waals surface area contributed by atoms with Crippen LogP contribution in [0.5, 0.6) is 0 Å². The van der Waals surface area contributed by atoms with Gasteiger partial charge in [-0.3, -0.25) is 0 Å². The molecular formula is C12H17NO2. The fourth-order valence-corrected chi connectivity index (χ4v) is 2.00. The molecule has 0 atom stereocenters. The van der Waals surface area contributed by atoms with Gasteiger partial charge in [0.05, 0.1) is 5.56 Å². The molecule has 1 aliphatic carbocycles. The molecule has 0 radical (unpaired) electrons. The maximum absolute atomic E-state index is 11.1. The largest absolute Gasteiger partial charge is 0.478 e. The second-order valence-corrected chi connectivity index (χ2v) is 4.64. The van der Waals surface area contributed by atoms with Crippen LogP contribution in [0.2, 0.25) is 0 Å². The highest BCUT2D eigenvalue weighted by atomic mass is 16.4. The summed E-state index contributed by atoms with van der Waals surface area (Å²) < 4.78 is 0. The van der Waals surface area contributed by atoms with Crippen LogP contribution >= 0.6 is 0 Å². The van der Waals surface area contributed by atoms with E-state index in [1.165, 1.54) is 6.42 Å². The molecule has 0 aromatic carbocycles. The molecule has 2 N–H and O–H groups in total. The molecule has 0 unspecified atom stereocenters. The minimum atomic E-state index is -0.806. The van der Waals surface area contributed by atoms with Gasteiger partial charge in [-0.25, -0.2) is 4.79 Å². The number of rotatable bonds is 3. The highest BCUT2D eigenvalue weighted by Crippen LogP contribution is 2.38. The molecule has 3 nitrogen and oxygen atoms in total. The number of aromatic amines is 1. The summed E-state index contributed by atoms with van der Waals surface area (Å²) in [5, 5.41) is 9.11. The number of carboxylic acid groups (broad SMARTS) is 1. The zero-order chi connectivity index (χ0) is 11.0. The summed E-state index contributed by atoms with van der Waals surface area (Å²) >= 11 is 0. The summed E-state index contributed by atoms with van der Waals surface area (Å²) in [5.41, 5.74) is 2.45. The van der Waals surface area contributed by atoms with Gasteiger partial charge in [0.2, 0.25) is 0 Å². The Bertz CT molecular complexity index is 375. The number of hydrogen-bond donors (Lipinski definition) is 2. The number of nitrogens with one attached hydrogen (secondary N) is 1. The molecular weight excluding hydrogens is 190 g/mol. The van der Waals surface area contributed by atoms with E-state index >= 15 is 0 Å². The Labute approximate surface area is 89.5 Å². The predicted molar refractivity (Wildman–Crippen MR) is 58.4 cm³/mol. The Balaban J connectivity index is 2.36. The molecule has 1 heterocycles. The highest BCUT2D eigenvalue weighted by Gasteiger charge is 2.27. The van der Waals surface area contributed by atoms with Gasteiger partial charge in [-0.2, -0.15) is 0 Å². The summed E-state index contributed by atoms with van der Waals surface area (Å²) in [6.07, 6.45) is 3.47. The molecule has 0 aliphatic heterocycles. The highest BCUT2D eigenvalue weighted by molar-refractivity contribution is 5.89. The number of carbonyl (C=O) groups is 1. The molecule has 3 heteroatoms. The lowest BCUT2D eigenvalue weighted by atomic mass is 9.82. The summed E-state index contributed by atoms with van der Waals surface area (Å²) in [6.45, 7) is 4.14. The monoisotopic (exact) mass is 207 g/mol. The molecule has 1 fully saturated rings. The number of aromatic nitrogens is 1. The van der Waals surface area contributed by atoms with Crippen LogP contribution in [0.4, 0.5) is 0 Å². The van der Waals surface area contributed by atoms with Gasteiger partial charge < -0.3 is 10.1 Å². The number of aromatic carboxylic acids is 1. The van der Waals surface area contributed by atoms with Crippen LogP contribution in [0.1, 0.15) is 66.7 Å². The average molecular weight is 207 g/mol. The van der Waals surface area contributed by atoms with Crippen molar-refractivity contribution in [1.82, 2.24) is 4.98 Å². The van der Waals surface area contributed by atoms with Crippen molar-refractivity contribution in [2.75, 3.05) is 0 Å². The van der Waals surface area contributed by atoms with E-state index in [4.69, 9.17) is 5.11 Å². The first-order valence-corrected chi connectivity index (χ1v) is 5.55. The van der Waals surface area contributed by atoms with E-state index in [9.17, 15) is 4.79 Å². The van der Waals surface area contributed by atoms with Crippen LogP contribution in [0, 0.1) is 0 Å². The fourth-order valence-electron chi connectivity index (χ4n) is 2.00. The van der Waals surface area contributed by atoms with E-state index in [0.29, 0.717) is 17.4 Å². The third-order valence-corrected chi connectivity index (χ3v) is 3.23. The average Bonchev–Trinajstić information content (AvgIpc) is 2.45. The standard InChI is InChI=1S/C12H17NO2/c1-7(2)10-6-9(12(14)15)11(13-10)8-4-3-5-8/h6-8,13H,3-5H2,1-2H3,(H,14,15). The molecule has 0 spiro atoms. The Morgan fingerprint density at radius 3 is 2.60 bits per heavy atom. The van der Waals surface area contributed by atoms with Crippen molar-refractivity contribution in [3.8, 4) is 0 Å². The van der Waals surface area contributed by atoms with Gasteiger partial charge in [-0.15, -0.1) is 0 Å². The lowest BCUT2D eigenvalue weighted by molar-refractivity contribution is 0.0694. The zero-order valence-electron chi connectivity index (χ0n) is 9.21. The fraction of sp³-hybridized carbons (Fsp3) is 0.583. The number of carboxylic acids is 1. The van der Waals surface area contributed by atoms with Crippen molar-refractivity contribution >= 4 is 5.97 Å². The molecule has 0 saturated heterocycles. The summed E-state index contributed by atoms with van der Waals surface area (Å²) in [6, 6.07) is 1.79. The zero-order valence-corrected chi connectivity index (χ0v) is 9.21. The molecule has 1 aromatic rings. The maximum atomic E-state index is 11.1. The molecule has 82 valence electrons. The topological polar surface area (TPSA) is 53.1 Å². The summed E-state index contributed by atoms with van der Waals surface area (Å²) in [4.78, 5) is 14.4. The molecule has 15 heavy (non-hydrogen) atoms. The minimum absolute atomic E-state index is 0.358. The third kappa shape index (κ3) is 1.78. The van der Waals surface area contributed by atoms with Crippen molar-refractivity contribution < 1.29 is 9.90 Å². The number of hydrogen-bond acceptors (Lipinski definition) is 1. The van der Waals surface area contributed by atoms with Gasteiger partial charge in [0.25, 0.3) is 0 Å². The van der Waals surface area contributed by atoms with Gasteiger partial charge in [0.1, 0.15) is 0 Å². The van der Waals surface area contributed by atoms with E-state index < -0.39 is 5.97 Å². The Kier molecular flexibility index (Phi) is 2.55. The minimum Gasteiger partial charge on any atom is -0.478 e. The van der Waals surface area contributed by atoms with Crippen LogP contribution in [0.3, 0.4) is 0 Å². The molecule has 1 aromatic heterocycles. The van der Waals surface area contributed by atoms with Crippen LogP contribution in [-0.2, 0) is 0 Å². The number of H-pyrrole nitrogens is 1.